The summed E-state index contributed by atoms with van der Waals surface area (Å²) in [5, 5.41) is 3.45. The fourth-order valence-corrected chi connectivity index (χ4v) is 5.20. The van der Waals surface area contributed by atoms with Crippen LogP contribution < -0.4 is 10.1 Å². The lowest BCUT2D eigenvalue weighted by molar-refractivity contribution is 0.0641. The molecule has 1 amide bonds. The van der Waals surface area contributed by atoms with Crippen molar-refractivity contribution in [3.8, 4) is 21.9 Å². The normalized spacial score (nSPS) is 15.9. The van der Waals surface area contributed by atoms with E-state index >= 15 is 0 Å². The largest absolute Gasteiger partial charge is 0.457 e. The number of hydrogen-bond donors (Lipinski definition) is 1. The van der Waals surface area contributed by atoms with E-state index in [4.69, 9.17) is 4.74 Å². The third-order valence-corrected chi connectivity index (χ3v) is 6.97. The number of ether oxygens (including phenoxy) is 1. The zero-order valence-corrected chi connectivity index (χ0v) is 19.1. The van der Waals surface area contributed by atoms with Crippen molar-refractivity contribution in [3.63, 3.8) is 0 Å². The number of nitrogens with zero attached hydrogens (tertiary/aromatic N) is 1. The van der Waals surface area contributed by atoms with Crippen LogP contribution in [0.25, 0.3) is 10.4 Å². The van der Waals surface area contributed by atoms with Gasteiger partial charge in [0.15, 0.2) is 0 Å². The van der Waals surface area contributed by atoms with Gasteiger partial charge in [0.05, 0.1) is 4.88 Å². The van der Waals surface area contributed by atoms with Crippen molar-refractivity contribution in [2.75, 3.05) is 19.6 Å². The Balaban J connectivity index is 1.37. The molecule has 3 aromatic carbocycles. The topological polar surface area (TPSA) is 41.6 Å². The molecule has 5 heteroatoms. The van der Waals surface area contributed by atoms with E-state index in [1.807, 2.05) is 77.7 Å². The molecule has 0 spiro atoms. The lowest BCUT2D eigenvalue weighted by Gasteiger charge is -2.36. The van der Waals surface area contributed by atoms with Crippen molar-refractivity contribution in [2.45, 2.75) is 12.5 Å². The number of amides is 1. The Hall–Kier alpha value is -3.41. The molecule has 4 aromatic rings. The SMILES string of the molecule is O=C(c1ccc(-c2ccccc2Oc2ccccc2)s1)N1CCNC[C@H]1Cc1ccccc1. The first-order valence-electron chi connectivity index (χ1n) is 11.3. The number of rotatable bonds is 6. The number of benzene rings is 3. The molecule has 0 unspecified atom stereocenters. The van der Waals surface area contributed by atoms with Crippen LogP contribution in [-0.2, 0) is 6.42 Å². The molecule has 4 nitrogen and oxygen atoms in total. The van der Waals surface area contributed by atoms with Gasteiger partial charge in [0, 0.05) is 36.1 Å². The Labute approximate surface area is 198 Å². The molecule has 1 saturated heterocycles. The highest BCUT2D eigenvalue weighted by Crippen LogP contribution is 2.37. The zero-order valence-electron chi connectivity index (χ0n) is 18.3. The van der Waals surface area contributed by atoms with Gasteiger partial charge in [-0.2, -0.15) is 0 Å². The third-order valence-electron chi connectivity index (χ3n) is 5.87. The number of thiophene rings is 1. The molecule has 0 radical (unpaired) electrons. The van der Waals surface area contributed by atoms with E-state index < -0.39 is 0 Å². The molecule has 0 saturated carbocycles. The standard InChI is InChI=1S/C28H26N2O2S/c31-28(30-18-17-29-20-22(30)19-21-9-3-1-4-10-21)27-16-15-26(33-27)24-13-7-8-14-25(24)32-23-11-5-2-6-12-23/h1-16,22,29H,17-20H2/t22-/m1/s1. The molecule has 1 aliphatic rings. The molecule has 166 valence electrons. The quantitative estimate of drug-likeness (QED) is 0.397. The average Bonchev–Trinajstić information content (AvgIpc) is 3.36. The van der Waals surface area contributed by atoms with Crippen molar-refractivity contribution in [3.05, 3.63) is 108 Å². The van der Waals surface area contributed by atoms with Crippen LogP contribution in [0, 0.1) is 0 Å². The summed E-state index contributed by atoms with van der Waals surface area (Å²) >= 11 is 1.53. The number of hydrogen-bond acceptors (Lipinski definition) is 4. The minimum atomic E-state index is 0.107. The Morgan fingerprint density at radius 1 is 0.909 bits per heavy atom. The highest BCUT2D eigenvalue weighted by atomic mass is 32.1. The molecule has 5 rings (SSSR count). The summed E-state index contributed by atoms with van der Waals surface area (Å²) in [5.41, 5.74) is 2.24. The summed E-state index contributed by atoms with van der Waals surface area (Å²) in [6.07, 6.45) is 0.853. The van der Waals surface area contributed by atoms with E-state index in [1.54, 1.807) is 0 Å². The lowest BCUT2D eigenvalue weighted by atomic mass is 10.0. The van der Waals surface area contributed by atoms with Crippen molar-refractivity contribution < 1.29 is 9.53 Å². The van der Waals surface area contributed by atoms with Crippen LogP contribution in [0.2, 0.25) is 0 Å². The van der Waals surface area contributed by atoms with Crippen LogP contribution in [0.3, 0.4) is 0 Å². The maximum absolute atomic E-state index is 13.5. The van der Waals surface area contributed by atoms with Gasteiger partial charge < -0.3 is 15.0 Å². The van der Waals surface area contributed by atoms with Gasteiger partial charge in [-0.1, -0.05) is 60.7 Å². The van der Waals surface area contributed by atoms with E-state index in [2.05, 4.69) is 29.6 Å². The average molecular weight is 455 g/mol. The van der Waals surface area contributed by atoms with Crippen LogP contribution in [0.15, 0.2) is 97.1 Å². The zero-order chi connectivity index (χ0) is 22.5. The number of carbonyl (C=O) groups is 1. The molecule has 2 heterocycles. The lowest BCUT2D eigenvalue weighted by Crippen LogP contribution is -2.54. The molecular weight excluding hydrogens is 428 g/mol. The maximum Gasteiger partial charge on any atom is 0.264 e. The molecule has 0 bridgehead atoms. The molecule has 33 heavy (non-hydrogen) atoms. The van der Waals surface area contributed by atoms with E-state index in [9.17, 15) is 4.79 Å². The summed E-state index contributed by atoms with van der Waals surface area (Å²) in [4.78, 5) is 17.3. The molecule has 1 aliphatic heterocycles. The van der Waals surface area contributed by atoms with Crippen molar-refractivity contribution >= 4 is 17.2 Å². The van der Waals surface area contributed by atoms with Crippen LogP contribution in [-0.4, -0.2) is 36.5 Å². The van der Waals surface area contributed by atoms with Crippen LogP contribution >= 0.6 is 11.3 Å². The smallest absolute Gasteiger partial charge is 0.264 e. The highest BCUT2D eigenvalue weighted by molar-refractivity contribution is 7.17. The van der Waals surface area contributed by atoms with Crippen LogP contribution in [0.1, 0.15) is 15.2 Å². The van der Waals surface area contributed by atoms with Gasteiger partial charge in [0.1, 0.15) is 11.5 Å². The number of piperazine rings is 1. The Bertz CT molecular complexity index is 1210. The predicted octanol–water partition coefficient (Wildman–Crippen LogP) is 5.86. The molecule has 0 aliphatic carbocycles. The van der Waals surface area contributed by atoms with Crippen molar-refractivity contribution in [1.29, 1.82) is 0 Å². The van der Waals surface area contributed by atoms with E-state index in [1.165, 1.54) is 16.9 Å². The van der Waals surface area contributed by atoms with Gasteiger partial charge in [0.25, 0.3) is 5.91 Å². The number of nitrogens with one attached hydrogen (secondary N) is 1. The molecular formula is C28H26N2O2S. The fraction of sp³-hybridized carbons (Fsp3) is 0.179. The first-order chi connectivity index (χ1) is 16.3. The second kappa shape index (κ2) is 10.0. The van der Waals surface area contributed by atoms with Crippen LogP contribution in [0.4, 0.5) is 0 Å². The first kappa shape index (κ1) is 21.4. The molecule has 1 aromatic heterocycles. The minimum absolute atomic E-state index is 0.107. The third kappa shape index (κ3) is 5.00. The summed E-state index contributed by atoms with van der Waals surface area (Å²) in [6, 6.07) is 32.3. The summed E-state index contributed by atoms with van der Waals surface area (Å²) < 4.78 is 6.14. The Morgan fingerprint density at radius 2 is 1.64 bits per heavy atom. The van der Waals surface area contributed by atoms with E-state index in [0.717, 1.165) is 52.9 Å². The van der Waals surface area contributed by atoms with Gasteiger partial charge in [-0.25, -0.2) is 0 Å². The predicted molar refractivity (Wildman–Crippen MR) is 134 cm³/mol. The summed E-state index contributed by atoms with van der Waals surface area (Å²) in [7, 11) is 0. The second-order valence-corrected chi connectivity index (χ2v) is 9.21. The summed E-state index contributed by atoms with van der Waals surface area (Å²) in [5.74, 6) is 1.69. The first-order valence-corrected chi connectivity index (χ1v) is 12.1. The number of para-hydroxylation sites is 2. The van der Waals surface area contributed by atoms with E-state index in [0.29, 0.717) is 0 Å². The minimum Gasteiger partial charge on any atom is -0.457 e. The van der Waals surface area contributed by atoms with Gasteiger partial charge in [0.2, 0.25) is 0 Å². The van der Waals surface area contributed by atoms with Crippen LogP contribution in [0.5, 0.6) is 11.5 Å². The Morgan fingerprint density at radius 3 is 2.45 bits per heavy atom. The number of carbonyl (C=O) groups excluding carboxylic acids is 1. The van der Waals surface area contributed by atoms with Crippen molar-refractivity contribution in [2.24, 2.45) is 0 Å². The molecule has 1 N–H and O–H groups in total. The summed E-state index contributed by atoms with van der Waals surface area (Å²) in [6.45, 7) is 2.35. The monoisotopic (exact) mass is 454 g/mol. The highest BCUT2D eigenvalue weighted by Gasteiger charge is 2.28. The van der Waals surface area contributed by atoms with Gasteiger partial charge in [-0.3, -0.25) is 4.79 Å². The fourth-order valence-electron chi connectivity index (χ4n) is 4.21. The second-order valence-electron chi connectivity index (χ2n) is 8.12. The Kier molecular flexibility index (Phi) is 6.51. The van der Waals surface area contributed by atoms with Gasteiger partial charge in [-0.15, -0.1) is 11.3 Å². The molecule has 1 atom stereocenters. The molecule has 1 fully saturated rings. The van der Waals surface area contributed by atoms with Crippen molar-refractivity contribution in [1.82, 2.24) is 10.2 Å². The van der Waals surface area contributed by atoms with Gasteiger partial charge >= 0.3 is 0 Å². The van der Waals surface area contributed by atoms with Gasteiger partial charge in [-0.05, 0) is 48.4 Å². The van der Waals surface area contributed by atoms with E-state index in [-0.39, 0.29) is 11.9 Å². The maximum atomic E-state index is 13.5.